The van der Waals surface area contributed by atoms with Crippen LogP contribution in [-0.2, 0) is 11.3 Å². The van der Waals surface area contributed by atoms with E-state index in [0.29, 0.717) is 5.75 Å². The normalized spacial score (nSPS) is 10.8. The molecule has 8 nitrogen and oxygen atoms in total. The molecule has 24 heavy (non-hydrogen) atoms. The van der Waals surface area contributed by atoms with Crippen LogP contribution in [0.4, 0.5) is 5.88 Å². The lowest BCUT2D eigenvalue weighted by molar-refractivity contribution is -0.402. The van der Waals surface area contributed by atoms with Crippen molar-refractivity contribution in [1.82, 2.24) is 5.32 Å². The van der Waals surface area contributed by atoms with Crippen LogP contribution in [0.5, 0.6) is 5.75 Å². The Morgan fingerprint density at radius 3 is 2.62 bits per heavy atom. The molecule has 0 aliphatic heterocycles. The van der Waals surface area contributed by atoms with E-state index in [0.717, 1.165) is 17.7 Å². The SMILES string of the molecule is COc1ccc(CNC(=O)/C(C#N)=C\c2ccc([N+](=O)[O-])o2)cc1. The number of furan rings is 1. The maximum atomic E-state index is 12.0. The molecule has 0 spiro atoms. The number of benzene rings is 1. The van der Waals surface area contributed by atoms with E-state index in [4.69, 9.17) is 14.4 Å². The first kappa shape index (κ1) is 16.8. The molecule has 1 aromatic carbocycles. The summed E-state index contributed by atoms with van der Waals surface area (Å²) in [7, 11) is 1.56. The van der Waals surface area contributed by atoms with Gasteiger partial charge in [0.15, 0.2) is 0 Å². The molecule has 8 heteroatoms. The quantitative estimate of drug-likeness (QED) is 0.377. The molecule has 0 aliphatic carbocycles. The molecule has 2 rings (SSSR count). The number of nitrogens with one attached hydrogen (secondary N) is 1. The number of amides is 1. The number of hydrogen-bond donors (Lipinski definition) is 1. The number of ether oxygens (including phenoxy) is 1. The molecule has 0 aliphatic rings. The number of hydrogen-bond acceptors (Lipinski definition) is 6. The lowest BCUT2D eigenvalue weighted by Crippen LogP contribution is -2.23. The van der Waals surface area contributed by atoms with Gasteiger partial charge in [-0.05, 0) is 23.8 Å². The van der Waals surface area contributed by atoms with Crippen molar-refractivity contribution in [3.05, 3.63) is 63.4 Å². The van der Waals surface area contributed by atoms with Gasteiger partial charge in [-0.1, -0.05) is 12.1 Å². The predicted octanol–water partition coefficient (Wildman–Crippen LogP) is 2.42. The largest absolute Gasteiger partial charge is 0.497 e. The van der Waals surface area contributed by atoms with Crippen LogP contribution in [0.25, 0.3) is 6.08 Å². The van der Waals surface area contributed by atoms with Gasteiger partial charge in [0, 0.05) is 12.6 Å². The predicted molar refractivity (Wildman–Crippen MR) is 83.8 cm³/mol. The van der Waals surface area contributed by atoms with Gasteiger partial charge in [0.25, 0.3) is 5.91 Å². The molecule has 0 saturated heterocycles. The molecule has 1 heterocycles. The minimum absolute atomic E-state index is 0.0536. The summed E-state index contributed by atoms with van der Waals surface area (Å²) in [6.07, 6.45) is 1.15. The molecule has 1 N–H and O–H groups in total. The van der Waals surface area contributed by atoms with E-state index >= 15 is 0 Å². The van der Waals surface area contributed by atoms with E-state index in [1.807, 2.05) is 0 Å². The molecule has 0 bridgehead atoms. The maximum Gasteiger partial charge on any atom is 0.433 e. The highest BCUT2D eigenvalue weighted by Gasteiger charge is 2.14. The third-order valence-electron chi connectivity index (χ3n) is 3.06. The van der Waals surface area contributed by atoms with Gasteiger partial charge in [-0.15, -0.1) is 0 Å². The molecule has 2 aromatic rings. The minimum Gasteiger partial charge on any atom is -0.497 e. The van der Waals surface area contributed by atoms with Gasteiger partial charge < -0.3 is 14.5 Å². The van der Waals surface area contributed by atoms with Crippen LogP contribution >= 0.6 is 0 Å². The van der Waals surface area contributed by atoms with Gasteiger partial charge in [-0.2, -0.15) is 5.26 Å². The monoisotopic (exact) mass is 327 g/mol. The van der Waals surface area contributed by atoms with E-state index in [1.54, 1.807) is 37.4 Å². The van der Waals surface area contributed by atoms with Gasteiger partial charge >= 0.3 is 5.88 Å². The van der Waals surface area contributed by atoms with Crippen LogP contribution in [0.2, 0.25) is 0 Å². The molecule has 0 radical (unpaired) electrons. The molecular formula is C16H13N3O5. The van der Waals surface area contributed by atoms with Gasteiger partial charge in [0.05, 0.1) is 13.2 Å². The molecule has 1 amide bonds. The van der Waals surface area contributed by atoms with Crippen molar-refractivity contribution in [3.8, 4) is 11.8 Å². The Bertz CT molecular complexity index is 815. The first-order chi connectivity index (χ1) is 11.5. The number of nitro groups is 1. The zero-order chi connectivity index (χ0) is 17.5. The number of carbonyl (C=O) groups is 1. The fraction of sp³-hybridized carbons (Fsp3) is 0.125. The van der Waals surface area contributed by atoms with Crippen molar-refractivity contribution in [2.45, 2.75) is 6.54 Å². The summed E-state index contributed by atoms with van der Waals surface area (Å²) in [5.74, 6) is -0.315. The Labute approximate surface area is 137 Å². The topological polar surface area (TPSA) is 118 Å². The summed E-state index contributed by atoms with van der Waals surface area (Å²) in [6, 6.07) is 11.3. The van der Waals surface area contributed by atoms with Crippen LogP contribution in [0.1, 0.15) is 11.3 Å². The lowest BCUT2D eigenvalue weighted by atomic mass is 10.2. The average Bonchev–Trinajstić information content (AvgIpc) is 3.07. The zero-order valence-electron chi connectivity index (χ0n) is 12.7. The summed E-state index contributed by atoms with van der Waals surface area (Å²) in [4.78, 5) is 21.9. The van der Waals surface area contributed by atoms with Crippen LogP contribution in [0.15, 0.2) is 46.4 Å². The van der Waals surface area contributed by atoms with Crippen molar-refractivity contribution in [2.24, 2.45) is 0 Å². The van der Waals surface area contributed by atoms with Crippen LogP contribution in [0, 0.1) is 21.4 Å². The van der Waals surface area contributed by atoms with Gasteiger partial charge in [-0.3, -0.25) is 14.9 Å². The Morgan fingerprint density at radius 1 is 1.38 bits per heavy atom. The Balaban J connectivity index is 2.03. The Morgan fingerprint density at radius 2 is 2.08 bits per heavy atom. The highest BCUT2D eigenvalue weighted by Crippen LogP contribution is 2.18. The molecule has 0 atom stereocenters. The molecular weight excluding hydrogens is 314 g/mol. The van der Waals surface area contributed by atoms with Gasteiger partial charge in [0.2, 0.25) is 0 Å². The van der Waals surface area contributed by atoms with Crippen molar-refractivity contribution < 1.29 is 18.9 Å². The summed E-state index contributed by atoms with van der Waals surface area (Å²) < 4.78 is 9.93. The Kier molecular flexibility index (Phi) is 5.31. The van der Waals surface area contributed by atoms with Crippen LogP contribution < -0.4 is 10.1 Å². The van der Waals surface area contributed by atoms with Gasteiger partial charge in [0.1, 0.15) is 28.1 Å². The van der Waals surface area contributed by atoms with E-state index in [9.17, 15) is 14.9 Å². The summed E-state index contributed by atoms with van der Waals surface area (Å²) >= 11 is 0. The smallest absolute Gasteiger partial charge is 0.433 e. The molecule has 122 valence electrons. The second kappa shape index (κ2) is 7.60. The van der Waals surface area contributed by atoms with Crippen LogP contribution in [-0.4, -0.2) is 17.9 Å². The number of methoxy groups -OCH3 is 1. The second-order valence-electron chi connectivity index (χ2n) is 4.63. The van der Waals surface area contributed by atoms with E-state index < -0.39 is 16.7 Å². The molecule has 0 fully saturated rings. The third-order valence-corrected chi connectivity index (χ3v) is 3.06. The standard InChI is InChI=1S/C16H13N3O5/c1-23-13-4-2-11(3-5-13)10-18-16(20)12(9-17)8-14-6-7-15(24-14)19(21)22/h2-8H,10H2,1H3,(H,18,20)/b12-8-. The summed E-state index contributed by atoms with van der Waals surface area (Å²) in [5.41, 5.74) is 0.614. The van der Waals surface area contributed by atoms with E-state index in [2.05, 4.69) is 5.32 Å². The molecule has 0 saturated carbocycles. The first-order valence-electron chi connectivity index (χ1n) is 6.80. The van der Waals surface area contributed by atoms with Crippen molar-refractivity contribution >= 4 is 17.9 Å². The number of carbonyl (C=O) groups excluding carboxylic acids is 1. The fourth-order valence-electron chi connectivity index (χ4n) is 1.83. The van der Waals surface area contributed by atoms with Gasteiger partial charge in [-0.25, -0.2) is 0 Å². The number of rotatable bonds is 6. The highest BCUT2D eigenvalue weighted by atomic mass is 16.6. The summed E-state index contributed by atoms with van der Waals surface area (Å²) in [6.45, 7) is 0.222. The Hall–Kier alpha value is -3.60. The fourth-order valence-corrected chi connectivity index (χ4v) is 1.83. The number of nitriles is 1. The second-order valence-corrected chi connectivity index (χ2v) is 4.63. The molecule has 1 aromatic heterocycles. The minimum atomic E-state index is -0.701. The van der Waals surface area contributed by atoms with Crippen molar-refractivity contribution in [2.75, 3.05) is 7.11 Å². The lowest BCUT2D eigenvalue weighted by Gasteiger charge is -2.05. The summed E-state index contributed by atoms with van der Waals surface area (Å²) in [5, 5.41) is 22.2. The first-order valence-corrected chi connectivity index (χ1v) is 6.80. The highest BCUT2D eigenvalue weighted by molar-refractivity contribution is 6.01. The van der Waals surface area contributed by atoms with E-state index in [-0.39, 0.29) is 17.9 Å². The maximum absolute atomic E-state index is 12.0. The molecule has 0 unspecified atom stereocenters. The third kappa shape index (κ3) is 4.20. The average molecular weight is 327 g/mol. The van der Waals surface area contributed by atoms with Crippen molar-refractivity contribution in [3.63, 3.8) is 0 Å². The van der Waals surface area contributed by atoms with Crippen LogP contribution in [0.3, 0.4) is 0 Å². The number of nitrogens with zero attached hydrogens (tertiary/aromatic N) is 2. The van der Waals surface area contributed by atoms with E-state index in [1.165, 1.54) is 6.07 Å². The zero-order valence-corrected chi connectivity index (χ0v) is 12.7. The van der Waals surface area contributed by atoms with Crippen molar-refractivity contribution in [1.29, 1.82) is 5.26 Å².